The van der Waals surface area contributed by atoms with Crippen LogP contribution in [0.4, 0.5) is 0 Å². The predicted molar refractivity (Wildman–Crippen MR) is 145 cm³/mol. The summed E-state index contributed by atoms with van der Waals surface area (Å²) in [7, 11) is 0. The van der Waals surface area contributed by atoms with Crippen molar-refractivity contribution in [3.8, 4) is 11.9 Å². The lowest BCUT2D eigenvalue weighted by atomic mass is 9.92. The van der Waals surface area contributed by atoms with Gasteiger partial charge in [0.2, 0.25) is 17.7 Å². The van der Waals surface area contributed by atoms with Crippen LogP contribution in [-0.4, -0.2) is 90.7 Å². The lowest BCUT2D eigenvalue weighted by molar-refractivity contribution is -0.128. The van der Waals surface area contributed by atoms with E-state index in [1.165, 1.54) is 0 Å². The maximum Gasteiger partial charge on any atom is 0.268 e. The second-order valence-corrected chi connectivity index (χ2v) is 10.9. The van der Waals surface area contributed by atoms with Crippen LogP contribution >= 0.6 is 0 Å². The summed E-state index contributed by atoms with van der Waals surface area (Å²) in [4.78, 5) is 48.2. The molecule has 1 aliphatic carbocycles. The van der Waals surface area contributed by atoms with Crippen molar-refractivity contribution >= 4 is 28.6 Å². The van der Waals surface area contributed by atoms with E-state index >= 15 is 0 Å². The molecular weight excluding hydrogens is 514 g/mol. The fourth-order valence-electron chi connectivity index (χ4n) is 5.23. The van der Waals surface area contributed by atoms with Gasteiger partial charge in [0.25, 0.3) is 5.91 Å². The van der Waals surface area contributed by atoms with Crippen LogP contribution in [0.2, 0.25) is 0 Å². The fourth-order valence-corrected chi connectivity index (χ4v) is 5.23. The zero-order chi connectivity index (χ0) is 27.9. The van der Waals surface area contributed by atoms with Gasteiger partial charge in [-0.05, 0) is 37.7 Å². The number of hydrogen-bond acceptors (Lipinski definition) is 8. The molecule has 0 radical (unpaired) electrons. The van der Waals surface area contributed by atoms with Crippen LogP contribution in [-0.2, 0) is 14.3 Å². The van der Waals surface area contributed by atoms with Crippen LogP contribution in [0.5, 0.6) is 5.88 Å². The molecule has 0 spiro atoms. The SMILES string of the molecule is N#C[C@H](C[C@@H]1CCCNC1=O)NC(=O)[C@H](CC1CC1)NC(=O)c1cc2cc(OCCN3CCOCC3)ncc2[nH]1. The molecule has 2 saturated heterocycles. The van der Waals surface area contributed by atoms with Gasteiger partial charge in [-0.1, -0.05) is 12.8 Å². The van der Waals surface area contributed by atoms with Crippen molar-refractivity contribution in [3.63, 3.8) is 0 Å². The second-order valence-electron chi connectivity index (χ2n) is 10.9. The number of rotatable bonds is 12. The summed E-state index contributed by atoms with van der Waals surface area (Å²) in [5.41, 5.74) is 0.996. The Morgan fingerprint density at radius 1 is 1.20 bits per heavy atom. The van der Waals surface area contributed by atoms with Crippen molar-refractivity contribution in [3.05, 3.63) is 24.0 Å². The van der Waals surface area contributed by atoms with Gasteiger partial charge in [0.1, 0.15) is 24.4 Å². The number of nitrogens with zero attached hydrogens (tertiary/aromatic N) is 3. The van der Waals surface area contributed by atoms with E-state index in [1.54, 1.807) is 18.3 Å². The van der Waals surface area contributed by atoms with Gasteiger partial charge in [0, 0.05) is 43.5 Å². The van der Waals surface area contributed by atoms with Gasteiger partial charge in [-0.15, -0.1) is 0 Å². The summed E-state index contributed by atoms with van der Waals surface area (Å²) in [6, 6.07) is 4.03. The van der Waals surface area contributed by atoms with Crippen LogP contribution < -0.4 is 20.7 Å². The van der Waals surface area contributed by atoms with Gasteiger partial charge in [-0.2, -0.15) is 5.26 Å². The molecule has 4 N–H and O–H groups in total. The summed E-state index contributed by atoms with van der Waals surface area (Å²) in [6.45, 7) is 5.18. The first-order chi connectivity index (χ1) is 19.5. The molecule has 12 heteroatoms. The van der Waals surface area contributed by atoms with E-state index in [2.05, 4.69) is 36.9 Å². The van der Waals surface area contributed by atoms with Gasteiger partial charge < -0.3 is 30.4 Å². The van der Waals surface area contributed by atoms with E-state index in [4.69, 9.17) is 9.47 Å². The Bertz CT molecular complexity index is 1250. The molecule has 3 atom stereocenters. The van der Waals surface area contributed by atoms with E-state index in [0.717, 1.165) is 57.5 Å². The zero-order valence-electron chi connectivity index (χ0n) is 22.6. The number of aromatic nitrogens is 2. The molecular formula is C28H37N7O5. The molecule has 2 aromatic rings. The maximum atomic E-state index is 13.2. The third-order valence-electron chi connectivity index (χ3n) is 7.77. The molecule has 40 heavy (non-hydrogen) atoms. The van der Waals surface area contributed by atoms with E-state index < -0.39 is 23.9 Å². The van der Waals surface area contributed by atoms with E-state index in [0.29, 0.717) is 49.0 Å². The molecule has 3 amide bonds. The van der Waals surface area contributed by atoms with Crippen LogP contribution in [0.3, 0.4) is 0 Å². The Morgan fingerprint density at radius 2 is 2.02 bits per heavy atom. The summed E-state index contributed by atoms with van der Waals surface area (Å²) in [5.74, 6) is -0.355. The molecule has 5 rings (SSSR count). The number of carbonyl (C=O) groups excluding carboxylic acids is 3. The first kappa shape index (κ1) is 27.9. The highest BCUT2D eigenvalue weighted by molar-refractivity contribution is 6.00. The number of nitriles is 1. The molecule has 2 aliphatic heterocycles. The highest BCUT2D eigenvalue weighted by Gasteiger charge is 2.33. The van der Waals surface area contributed by atoms with Crippen molar-refractivity contribution in [1.82, 2.24) is 30.8 Å². The van der Waals surface area contributed by atoms with Crippen LogP contribution in [0.25, 0.3) is 10.9 Å². The highest BCUT2D eigenvalue weighted by Crippen LogP contribution is 2.33. The monoisotopic (exact) mass is 551 g/mol. The average molecular weight is 552 g/mol. The minimum atomic E-state index is -0.805. The quantitative estimate of drug-likeness (QED) is 0.305. The molecule has 0 bridgehead atoms. The molecule has 2 aromatic heterocycles. The van der Waals surface area contributed by atoms with Crippen molar-refractivity contribution in [2.75, 3.05) is 46.0 Å². The Morgan fingerprint density at radius 3 is 2.77 bits per heavy atom. The molecule has 4 heterocycles. The van der Waals surface area contributed by atoms with E-state index in [-0.39, 0.29) is 18.2 Å². The molecule has 214 valence electrons. The highest BCUT2D eigenvalue weighted by atomic mass is 16.5. The maximum absolute atomic E-state index is 13.2. The van der Waals surface area contributed by atoms with Crippen LogP contribution in [0.1, 0.15) is 49.0 Å². The summed E-state index contributed by atoms with van der Waals surface area (Å²) < 4.78 is 11.2. The Labute approximate surface area is 233 Å². The van der Waals surface area contributed by atoms with Crippen molar-refractivity contribution in [2.24, 2.45) is 11.8 Å². The smallest absolute Gasteiger partial charge is 0.268 e. The molecule has 1 saturated carbocycles. The third kappa shape index (κ3) is 7.49. The summed E-state index contributed by atoms with van der Waals surface area (Å²) in [6.07, 6.45) is 5.95. The summed E-state index contributed by atoms with van der Waals surface area (Å²) in [5, 5.41) is 18.8. The summed E-state index contributed by atoms with van der Waals surface area (Å²) >= 11 is 0. The van der Waals surface area contributed by atoms with E-state index in [9.17, 15) is 19.6 Å². The van der Waals surface area contributed by atoms with Gasteiger partial charge in [0.15, 0.2) is 0 Å². The number of fused-ring (bicyclic) bond motifs is 1. The zero-order valence-corrected chi connectivity index (χ0v) is 22.6. The number of piperidine rings is 1. The van der Waals surface area contributed by atoms with Gasteiger partial charge in [-0.25, -0.2) is 4.98 Å². The largest absolute Gasteiger partial charge is 0.476 e. The van der Waals surface area contributed by atoms with Crippen molar-refractivity contribution in [2.45, 2.75) is 50.6 Å². The van der Waals surface area contributed by atoms with Gasteiger partial charge in [0.05, 0.1) is 31.0 Å². The molecule has 12 nitrogen and oxygen atoms in total. The number of carbonyl (C=O) groups is 3. The number of nitrogens with one attached hydrogen (secondary N) is 4. The Balaban J connectivity index is 1.18. The van der Waals surface area contributed by atoms with Crippen molar-refractivity contribution < 1.29 is 23.9 Å². The normalized spacial score (nSPS) is 21.2. The predicted octanol–water partition coefficient (Wildman–Crippen LogP) is 1.10. The lowest BCUT2D eigenvalue weighted by Crippen LogP contribution is -2.50. The van der Waals surface area contributed by atoms with Gasteiger partial charge >= 0.3 is 0 Å². The Hall–Kier alpha value is -3.69. The minimum absolute atomic E-state index is 0.0810. The number of amides is 3. The van der Waals surface area contributed by atoms with Crippen molar-refractivity contribution in [1.29, 1.82) is 5.26 Å². The molecule has 0 unspecified atom stereocenters. The number of hydrogen-bond donors (Lipinski definition) is 4. The first-order valence-corrected chi connectivity index (χ1v) is 14.2. The first-order valence-electron chi connectivity index (χ1n) is 14.2. The number of morpholine rings is 1. The number of aromatic amines is 1. The van der Waals surface area contributed by atoms with E-state index in [1.807, 2.05) is 0 Å². The topological polar surface area (TPSA) is 161 Å². The standard InChI is InChI=1S/C28H37N7O5/c29-16-21(13-19-2-1-5-30-26(19)36)32-27(37)22(12-18-3-4-18)34-28(38)23-14-20-15-25(31-17-24(20)33-23)40-11-8-35-6-9-39-10-7-35/h14-15,17-19,21-22,33H,1-13H2,(H,30,36)(H,32,37)(H,34,38)/t19-,21-,22-/m0/s1. The van der Waals surface area contributed by atoms with Crippen LogP contribution in [0, 0.1) is 23.2 Å². The average Bonchev–Trinajstić information content (AvgIpc) is 3.68. The number of ether oxygens (including phenoxy) is 2. The fraction of sp³-hybridized carbons (Fsp3) is 0.607. The molecule has 0 aromatic carbocycles. The van der Waals surface area contributed by atoms with Gasteiger partial charge in [-0.3, -0.25) is 19.3 Å². The molecule has 3 aliphatic rings. The minimum Gasteiger partial charge on any atom is -0.476 e. The third-order valence-corrected chi connectivity index (χ3v) is 7.77. The lowest BCUT2D eigenvalue weighted by Gasteiger charge is -2.26. The number of pyridine rings is 1. The van der Waals surface area contributed by atoms with Crippen LogP contribution in [0.15, 0.2) is 18.3 Å². The second kappa shape index (κ2) is 13.1. The number of H-pyrrole nitrogens is 1. The Kier molecular flexibility index (Phi) is 9.13. The molecule has 3 fully saturated rings.